The highest BCUT2D eigenvalue weighted by Gasteiger charge is 2.21. The molecule has 4 rings (SSSR count). The Bertz CT molecular complexity index is 1240. The molecule has 0 bridgehead atoms. The summed E-state index contributed by atoms with van der Waals surface area (Å²) in [6, 6.07) is 26.2. The number of benzene rings is 3. The topological polar surface area (TPSA) is 21.7 Å². The van der Waals surface area contributed by atoms with Crippen LogP contribution in [0.1, 0.15) is 37.5 Å². The summed E-state index contributed by atoms with van der Waals surface area (Å²) in [4.78, 5) is 2.44. The Hall–Kier alpha value is -3.52. The fraction of sp³-hybridized carbons (Fsp3) is 0.303. The summed E-state index contributed by atoms with van der Waals surface area (Å²) in [5.41, 5.74) is 12.0. The first-order chi connectivity index (χ1) is 17.5. The molecule has 3 aromatic rings. The largest absolute Gasteiger partial charge is 0.497 e. The first-order valence-electron chi connectivity index (χ1n) is 12.8. The minimum absolute atomic E-state index is 0.444. The maximum Gasteiger partial charge on any atom is 0.118 e. The van der Waals surface area contributed by atoms with Crippen LogP contribution >= 0.6 is 0 Å². The molecular weight excluding hydrogens is 442 g/mol. The lowest BCUT2D eigenvalue weighted by molar-refractivity contribution is 0.172. The second-order valence-electron chi connectivity index (χ2n) is 9.56. The second kappa shape index (κ2) is 11.9. The molecule has 0 saturated heterocycles. The molecule has 0 N–H and O–H groups in total. The number of methoxy groups -OCH3 is 1. The number of nitrogens with zero attached hydrogens (tertiary/aromatic N) is 1. The fourth-order valence-corrected chi connectivity index (χ4v) is 4.55. The van der Waals surface area contributed by atoms with Crippen LogP contribution in [-0.4, -0.2) is 37.7 Å². The van der Waals surface area contributed by atoms with E-state index in [1.165, 1.54) is 33.4 Å². The van der Waals surface area contributed by atoms with Crippen molar-refractivity contribution in [1.82, 2.24) is 4.90 Å². The van der Waals surface area contributed by atoms with Crippen LogP contribution in [-0.2, 0) is 11.2 Å². The molecule has 0 fully saturated rings. The highest BCUT2D eigenvalue weighted by atomic mass is 16.5. The maximum absolute atomic E-state index is 6.35. The molecule has 3 heteroatoms. The lowest BCUT2D eigenvalue weighted by atomic mass is 9.91. The van der Waals surface area contributed by atoms with Crippen LogP contribution < -0.4 is 4.74 Å². The van der Waals surface area contributed by atoms with Crippen LogP contribution in [0.15, 0.2) is 95.9 Å². The lowest BCUT2D eigenvalue weighted by Crippen LogP contribution is -2.33. The van der Waals surface area contributed by atoms with E-state index in [0.29, 0.717) is 12.6 Å². The molecule has 0 amide bonds. The predicted molar refractivity (Wildman–Crippen MR) is 150 cm³/mol. The Kier molecular flexibility index (Phi) is 8.48. The van der Waals surface area contributed by atoms with Gasteiger partial charge in [-0.1, -0.05) is 73.2 Å². The minimum Gasteiger partial charge on any atom is -0.497 e. The summed E-state index contributed by atoms with van der Waals surface area (Å²) in [5.74, 6) is 1.91. The molecule has 1 aliphatic heterocycles. The standard InChI is InChI=1S/C33H37NO2/c1-6-34(24(2)3)23-33-32(31(8-7-21-36-33)29-13-9-25(4)10-14-29)22-26-11-15-27(16-12-26)28-17-19-30(35-5)20-18-28/h7,9-20,24H,6,21-23H2,1-5H3. The smallest absolute Gasteiger partial charge is 0.118 e. The van der Waals surface area contributed by atoms with Gasteiger partial charge < -0.3 is 9.47 Å². The Balaban J connectivity index is 1.70. The van der Waals surface area contributed by atoms with Crippen molar-refractivity contribution in [2.75, 3.05) is 26.8 Å². The normalized spacial score (nSPS) is 13.6. The van der Waals surface area contributed by atoms with E-state index >= 15 is 0 Å². The van der Waals surface area contributed by atoms with Gasteiger partial charge in [-0.2, -0.15) is 0 Å². The SMILES string of the molecule is CCN(CC1=C(Cc2ccc(-c3ccc(OC)cc3)cc2)C(c2ccc(C)cc2)=C=CCO1)C(C)C. The monoisotopic (exact) mass is 479 g/mol. The first kappa shape index (κ1) is 25.6. The van der Waals surface area contributed by atoms with Crippen LogP contribution in [0.4, 0.5) is 0 Å². The highest BCUT2D eigenvalue weighted by molar-refractivity contribution is 5.80. The Labute approximate surface area is 216 Å². The van der Waals surface area contributed by atoms with Gasteiger partial charge in [0.25, 0.3) is 0 Å². The Morgan fingerprint density at radius 2 is 1.50 bits per heavy atom. The molecule has 0 aliphatic carbocycles. The van der Waals surface area contributed by atoms with E-state index in [-0.39, 0.29) is 0 Å². The Morgan fingerprint density at radius 3 is 2.08 bits per heavy atom. The number of aryl methyl sites for hydroxylation is 1. The quantitative estimate of drug-likeness (QED) is 0.297. The summed E-state index contributed by atoms with van der Waals surface area (Å²) >= 11 is 0. The van der Waals surface area contributed by atoms with Gasteiger partial charge in [0.2, 0.25) is 0 Å². The molecule has 1 heterocycles. The number of likely N-dealkylation sites (N-methyl/N-ethyl adjacent to an activating group) is 1. The van der Waals surface area contributed by atoms with Crippen molar-refractivity contribution in [3.63, 3.8) is 0 Å². The zero-order chi connectivity index (χ0) is 25.5. The molecule has 3 nitrogen and oxygen atoms in total. The molecule has 0 spiro atoms. The van der Waals surface area contributed by atoms with E-state index in [0.717, 1.165) is 36.6 Å². The maximum atomic E-state index is 6.35. The van der Waals surface area contributed by atoms with Crippen molar-refractivity contribution in [2.24, 2.45) is 0 Å². The first-order valence-corrected chi connectivity index (χ1v) is 12.8. The van der Waals surface area contributed by atoms with Crippen LogP contribution in [0, 0.1) is 6.92 Å². The molecule has 3 aromatic carbocycles. The molecular formula is C33H37NO2. The van der Waals surface area contributed by atoms with Crippen LogP contribution in [0.3, 0.4) is 0 Å². The van der Waals surface area contributed by atoms with Gasteiger partial charge in [-0.15, -0.1) is 5.73 Å². The number of hydrogen-bond donors (Lipinski definition) is 0. The number of allylic oxidation sites excluding steroid dienone is 1. The van der Waals surface area contributed by atoms with Crippen LogP contribution in [0.25, 0.3) is 16.7 Å². The van der Waals surface area contributed by atoms with Crippen molar-refractivity contribution in [1.29, 1.82) is 0 Å². The van der Waals surface area contributed by atoms with Crippen molar-refractivity contribution >= 4 is 5.57 Å². The van der Waals surface area contributed by atoms with E-state index in [1.54, 1.807) is 7.11 Å². The number of rotatable bonds is 9. The fourth-order valence-electron chi connectivity index (χ4n) is 4.55. The van der Waals surface area contributed by atoms with Crippen LogP contribution in [0.5, 0.6) is 5.75 Å². The van der Waals surface area contributed by atoms with Crippen molar-refractivity contribution < 1.29 is 9.47 Å². The summed E-state index contributed by atoms with van der Waals surface area (Å²) in [6.45, 7) is 11.1. The molecule has 0 unspecified atom stereocenters. The number of ether oxygens (including phenoxy) is 2. The van der Waals surface area contributed by atoms with Crippen molar-refractivity contribution in [3.8, 4) is 16.9 Å². The van der Waals surface area contributed by atoms with Gasteiger partial charge >= 0.3 is 0 Å². The molecule has 0 radical (unpaired) electrons. The molecule has 0 atom stereocenters. The summed E-state index contributed by atoms with van der Waals surface area (Å²) in [6.07, 6.45) is 2.80. The molecule has 1 aliphatic rings. The van der Waals surface area contributed by atoms with E-state index in [4.69, 9.17) is 9.47 Å². The van der Waals surface area contributed by atoms with Gasteiger partial charge in [-0.3, -0.25) is 4.90 Å². The molecule has 0 saturated carbocycles. The van der Waals surface area contributed by atoms with E-state index < -0.39 is 0 Å². The van der Waals surface area contributed by atoms with Gasteiger partial charge in [-0.05, 0) is 67.8 Å². The van der Waals surface area contributed by atoms with E-state index in [1.807, 2.05) is 18.2 Å². The summed E-state index contributed by atoms with van der Waals surface area (Å²) < 4.78 is 11.6. The Morgan fingerprint density at radius 1 is 0.889 bits per heavy atom. The third kappa shape index (κ3) is 6.18. The van der Waals surface area contributed by atoms with Crippen molar-refractivity contribution in [2.45, 2.75) is 40.2 Å². The van der Waals surface area contributed by atoms with Gasteiger partial charge in [0.1, 0.15) is 18.1 Å². The zero-order valence-electron chi connectivity index (χ0n) is 22.2. The van der Waals surface area contributed by atoms with Crippen molar-refractivity contribution in [3.05, 3.63) is 113 Å². The predicted octanol–water partition coefficient (Wildman–Crippen LogP) is 7.47. The molecule has 186 valence electrons. The van der Waals surface area contributed by atoms with Crippen LogP contribution in [0.2, 0.25) is 0 Å². The van der Waals surface area contributed by atoms with E-state index in [9.17, 15) is 0 Å². The average Bonchev–Trinajstić information content (AvgIpc) is 3.10. The average molecular weight is 480 g/mol. The summed E-state index contributed by atoms with van der Waals surface area (Å²) in [7, 11) is 1.69. The van der Waals surface area contributed by atoms with Gasteiger partial charge in [0, 0.05) is 23.6 Å². The third-order valence-electron chi connectivity index (χ3n) is 6.81. The van der Waals surface area contributed by atoms with Gasteiger partial charge in [0.15, 0.2) is 0 Å². The zero-order valence-corrected chi connectivity index (χ0v) is 22.2. The lowest BCUT2D eigenvalue weighted by Gasteiger charge is -2.27. The molecule has 0 aromatic heterocycles. The van der Waals surface area contributed by atoms with E-state index in [2.05, 4.69) is 99.0 Å². The summed E-state index contributed by atoms with van der Waals surface area (Å²) in [5, 5.41) is 0. The van der Waals surface area contributed by atoms with Gasteiger partial charge in [0.05, 0.1) is 13.7 Å². The number of hydrogen-bond acceptors (Lipinski definition) is 3. The molecule has 36 heavy (non-hydrogen) atoms. The second-order valence-corrected chi connectivity index (χ2v) is 9.56. The third-order valence-corrected chi connectivity index (χ3v) is 6.81. The van der Waals surface area contributed by atoms with Gasteiger partial charge in [-0.25, -0.2) is 0 Å². The minimum atomic E-state index is 0.444. The highest BCUT2D eigenvalue weighted by Crippen LogP contribution is 2.32.